The molecule has 0 aliphatic heterocycles. The second-order valence-corrected chi connectivity index (χ2v) is 8.14. The maximum Gasteiger partial charge on any atom is 0.237 e. The standard InChI is InChI=1S/C23H22N4OS/c1-3-16-8-10-18(11-9-16)21-25-23(27-26-21)29-15(2)22(28)24-20-13-12-17-6-4-5-7-19(17)14-20/h4-15H,3H2,1-2H3,(H,24,28)(H,25,26,27)/t15-/m0/s1. The van der Waals surface area contributed by atoms with E-state index < -0.39 is 0 Å². The van der Waals surface area contributed by atoms with Gasteiger partial charge >= 0.3 is 0 Å². The van der Waals surface area contributed by atoms with Crippen molar-refractivity contribution in [2.24, 2.45) is 0 Å². The fourth-order valence-electron chi connectivity index (χ4n) is 3.05. The van der Waals surface area contributed by atoms with Gasteiger partial charge in [0.15, 0.2) is 5.82 Å². The number of anilines is 1. The van der Waals surface area contributed by atoms with Crippen LogP contribution in [0.5, 0.6) is 0 Å². The number of aryl methyl sites for hydroxylation is 1. The molecular formula is C23H22N4OS. The number of aromatic amines is 1. The number of H-pyrrole nitrogens is 1. The highest BCUT2D eigenvalue weighted by Gasteiger charge is 2.18. The lowest BCUT2D eigenvalue weighted by molar-refractivity contribution is -0.115. The Kier molecular flexibility index (Phi) is 5.62. The number of amides is 1. The minimum Gasteiger partial charge on any atom is -0.325 e. The molecule has 6 heteroatoms. The molecule has 0 aliphatic carbocycles. The third-order valence-corrected chi connectivity index (χ3v) is 5.73. The highest BCUT2D eigenvalue weighted by Crippen LogP contribution is 2.25. The summed E-state index contributed by atoms with van der Waals surface area (Å²) >= 11 is 1.33. The smallest absolute Gasteiger partial charge is 0.237 e. The zero-order chi connectivity index (χ0) is 20.2. The first-order chi connectivity index (χ1) is 14.1. The van der Waals surface area contributed by atoms with Gasteiger partial charge in [-0.05, 0) is 41.8 Å². The average Bonchev–Trinajstić information content (AvgIpc) is 3.22. The minimum atomic E-state index is -0.326. The average molecular weight is 403 g/mol. The summed E-state index contributed by atoms with van der Waals surface area (Å²) in [5.41, 5.74) is 3.05. The summed E-state index contributed by atoms with van der Waals surface area (Å²) in [4.78, 5) is 17.1. The number of carbonyl (C=O) groups excluding carboxylic acids is 1. The van der Waals surface area contributed by atoms with Crippen LogP contribution in [0.25, 0.3) is 22.2 Å². The van der Waals surface area contributed by atoms with Crippen molar-refractivity contribution in [2.45, 2.75) is 30.7 Å². The van der Waals surface area contributed by atoms with E-state index in [2.05, 4.69) is 45.6 Å². The summed E-state index contributed by atoms with van der Waals surface area (Å²) in [5.74, 6) is 0.626. The van der Waals surface area contributed by atoms with Crippen LogP contribution in [0, 0.1) is 0 Å². The fourth-order valence-corrected chi connectivity index (χ4v) is 3.77. The molecule has 1 atom stereocenters. The van der Waals surface area contributed by atoms with Crippen molar-refractivity contribution in [3.05, 3.63) is 72.3 Å². The first-order valence-corrected chi connectivity index (χ1v) is 10.5. The lowest BCUT2D eigenvalue weighted by atomic mass is 10.1. The second-order valence-electron chi connectivity index (χ2n) is 6.83. The normalized spacial score (nSPS) is 12.1. The third kappa shape index (κ3) is 4.49. The van der Waals surface area contributed by atoms with Gasteiger partial charge < -0.3 is 5.32 Å². The van der Waals surface area contributed by atoms with Crippen molar-refractivity contribution in [1.82, 2.24) is 15.2 Å². The number of fused-ring (bicyclic) bond motifs is 1. The van der Waals surface area contributed by atoms with Crippen LogP contribution < -0.4 is 5.32 Å². The Morgan fingerprint density at radius 3 is 2.59 bits per heavy atom. The Morgan fingerprint density at radius 1 is 1.07 bits per heavy atom. The van der Waals surface area contributed by atoms with Crippen LogP contribution in [0.2, 0.25) is 0 Å². The van der Waals surface area contributed by atoms with Crippen molar-refractivity contribution in [2.75, 3.05) is 5.32 Å². The molecule has 0 fully saturated rings. The molecule has 5 nitrogen and oxygen atoms in total. The molecule has 146 valence electrons. The fraction of sp³-hybridized carbons (Fsp3) is 0.174. The second kappa shape index (κ2) is 8.49. The van der Waals surface area contributed by atoms with Gasteiger partial charge in [0.2, 0.25) is 11.1 Å². The van der Waals surface area contributed by atoms with Gasteiger partial charge in [0.1, 0.15) is 0 Å². The van der Waals surface area contributed by atoms with Gasteiger partial charge in [0.25, 0.3) is 0 Å². The number of nitrogens with zero attached hydrogens (tertiary/aromatic N) is 2. The molecule has 29 heavy (non-hydrogen) atoms. The molecule has 0 saturated heterocycles. The molecule has 3 aromatic carbocycles. The lowest BCUT2D eigenvalue weighted by Crippen LogP contribution is -2.22. The van der Waals surface area contributed by atoms with E-state index >= 15 is 0 Å². The summed E-state index contributed by atoms with van der Waals surface area (Å²) < 4.78 is 0. The van der Waals surface area contributed by atoms with Gasteiger partial charge in [-0.1, -0.05) is 73.3 Å². The summed E-state index contributed by atoms with van der Waals surface area (Å²) in [6, 6.07) is 22.2. The van der Waals surface area contributed by atoms with Crippen molar-refractivity contribution in [3.8, 4) is 11.4 Å². The number of nitrogens with one attached hydrogen (secondary N) is 2. The number of aromatic nitrogens is 3. The van der Waals surface area contributed by atoms with Crippen LogP contribution in [-0.2, 0) is 11.2 Å². The van der Waals surface area contributed by atoms with E-state index in [4.69, 9.17) is 0 Å². The number of hydrogen-bond donors (Lipinski definition) is 2. The predicted octanol–water partition coefficient (Wildman–Crippen LogP) is 5.31. The molecule has 2 N–H and O–H groups in total. The van der Waals surface area contributed by atoms with Crippen LogP contribution in [-0.4, -0.2) is 26.3 Å². The highest BCUT2D eigenvalue weighted by atomic mass is 32.2. The van der Waals surface area contributed by atoms with Gasteiger partial charge in [-0.3, -0.25) is 9.89 Å². The third-order valence-electron chi connectivity index (χ3n) is 4.77. The maximum absolute atomic E-state index is 12.6. The molecule has 1 heterocycles. The van der Waals surface area contributed by atoms with Crippen LogP contribution >= 0.6 is 11.8 Å². The van der Waals surface area contributed by atoms with Crippen LogP contribution in [0.15, 0.2) is 71.9 Å². The van der Waals surface area contributed by atoms with Crippen molar-refractivity contribution in [1.29, 1.82) is 0 Å². The van der Waals surface area contributed by atoms with Gasteiger partial charge in [-0.15, -0.1) is 5.10 Å². The number of rotatable bonds is 6. The summed E-state index contributed by atoms with van der Waals surface area (Å²) in [5, 5.41) is 12.7. The zero-order valence-corrected chi connectivity index (χ0v) is 17.2. The van der Waals surface area contributed by atoms with E-state index in [1.807, 2.05) is 55.5 Å². The van der Waals surface area contributed by atoms with Crippen LogP contribution in [0.3, 0.4) is 0 Å². The Bertz CT molecular complexity index is 1140. The quantitative estimate of drug-likeness (QED) is 0.429. The van der Waals surface area contributed by atoms with E-state index in [9.17, 15) is 4.79 Å². The molecule has 0 aliphatic rings. The molecule has 1 aromatic heterocycles. The van der Waals surface area contributed by atoms with E-state index in [0.29, 0.717) is 11.0 Å². The zero-order valence-electron chi connectivity index (χ0n) is 16.3. The largest absolute Gasteiger partial charge is 0.325 e. The van der Waals surface area contributed by atoms with Gasteiger partial charge in [-0.25, -0.2) is 4.98 Å². The predicted molar refractivity (Wildman–Crippen MR) is 119 cm³/mol. The monoisotopic (exact) mass is 402 g/mol. The van der Waals surface area contributed by atoms with Crippen molar-refractivity contribution >= 4 is 34.1 Å². The van der Waals surface area contributed by atoms with Gasteiger partial charge in [0.05, 0.1) is 5.25 Å². The van der Waals surface area contributed by atoms with Gasteiger partial charge in [-0.2, -0.15) is 0 Å². The van der Waals surface area contributed by atoms with E-state index in [-0.39, 0.29) is 11.2 Å². The first-order valence-electron chi connectivity index (χ1n) is 9.60. The molecule has 0 spiro atoms. The first kappa shape index (κ1) is 19.2. The van der Waals surface area contributed by atoms with Crippen molar-refractivity contribution in [3.63, 3.8) is 0 Å². The molecule has 0 bridgehead atoms. The van der Waals surface area contributed by atoms with Gasteiger partial charge in [0, 0.05) is 11.3 Å². The molecule has 1 amide bonds. The molecule has 4 aromatic rings. The number of benzene rings is 3. The van der Waals surface area contributed by atoms with E-state index in [0.717, 1.165) is 28.4 Å². The number of hydrogen-bond acceptors (Lipinski definition) is 4. The molecule has 4 rings (SSSR count). The summed E-state index contributed by atoms with van der Waals surface area (Å²) in [7, 11) is 0. The summed E-state index contributed by atoms with van der Waals surface area (Å²) in [6.07, 6.45) is 1.00. The topological polar surface area (TPSA) is 70.7 Å². The van der Waals surface area contributed by atoms with E-state index in [1.54, 1.807) is 0 Å². The van der Waals surface area contributed by atoms with Crippen LogP contribution in [0.4, 0.5) is 5.69 Å². The maximum atomic E-state index is 12.6. The highest BCUT2D eigenvalue weighted by molar-refractivity contribution is 8.00. The molecule has 0 saturated carbocycles. The molecular weight excluding hydrogens is 380 g/mol. The SMILES string of the molecule is CCc1ccc(-c2nc(S[C@@H](C)C(=O)Nc3ccc4ccccc4c3)n[nH]2)cc1. The molecule has 0 unspecified atom stereocenters. The lowest BCUT2D eigenvalue weighted by Gasteiger charge is -2.10. The minimum absolute atomic E-state index is 0.0797. The van der Waals surface area contributed by atoms with Crippen LogP contribution in [0.1, 0.15) is 19.4 Å². The number of carbonyl (C=O) groups is 1. The Balaban J connectivity index is 1.41. The Hall–Kier alpha value is -3.12. The molecule has 0 radical (unpaired) electrons. The van der Waals surface area contributed by atoms with Crippen molar-refractivity contribution < 1.29 is 4.79 Å². The Labute approximate surface area is 174 Å². The summed E-state index contributed by atoms with van der Waals surface area (Å²) in [6.45, 7) is 3.98. The number of thioether (sulfide) groups is 1. The van der Waals surface area contributed by atoms with E-state index in [1.165, 1.54) is 17.3 Å². The Morgan fingerprint density at radius 2 is 1.83 bits per heavy atom.